The molecule has 29 heavy (non-hydrogen) atoms. The van der Waals surface area contributed by atoms with Crippen LogP contribution in [-0.2, 0) is 6.54 Å². The molecular formula is C21H21N7O. The van der Waals surface area contributed by atoms with Crippen LogP contribution in [0.25, 0.3) is 28.2 Å². The van der Waals surface area contributed by atoms with Gasteiger partial charge in [0.25, 0.3) is 0 Å². The molecular weight excluding hydrogens is 366 g/mol. The number of aromatic nitrogens is 4. The topological polar surface area (TPSA) is 111 Å². The number of urea groups is 1. The Morgan fingerprint density at radius 1 is 1.03 bits per heavy atom. The second-order valence-electron chi connectivity index (χ2n) is 6.43. The van der Waals surface area contributed by atoms with Gasteiger partial charge in [-0.15, -0.1) is 0 Å². The average molecular weight is 387 g/mol. The Hall–Kier alpha value is -3.94. The van der Waals surface area contributed by atoms with Crippen LogP contribution in [0.3, 0.4) is 0 Å². The molecule has 0 saturated heterocycles. The maximum atomic E-state index is 11.6. The van der Waals surface area contributed by atoms with Crippen molar-refractivity contribution < 1.29 is 4.79 Å². The number of pyridine rings is 2. The number of rotatable bonds is 5. The highest BCUT2D eigenvalue weighted by atomic mass is 16.2. The summed E-state index contributed by atoms with van der Waals surface area (Å²) < 4.78 is 1.96. The number of hydrogen-bond donors (Lipinski definition) is 3. The third-order valence-electron chi connectivity index (χ3n) is 4.48. The van der Waals surface area contributed by atoms with Gasteiger partial charge in [0, 0.05) is 31.2 Å². The minimum absolute atomic E-state index is 0.185. The van der Waals surface area contributed by atoms with Crippen LogP contribution < -0.4 is 16.4 Å². The molecule has 0 saturated carbocycles. The highest BCUT2D eigenvalue weighted by Crippen LogP contribution is 2.29. The van der Waals surface area contributed by atoms with Crippen LogP contribution in [0, 0.1) is 0 Å². The smallest absolute Gasteiger partial charge is 0.315 e. The molecule has 4 N–H and O–H groups in total. The normalized spacial score (nSPS) is 10.8. The number of carbonyl (C=O) groups excluding carboxylic acids is 1. The first kappa shape index (κ1) is 18.4. The summed E-state index contributed by atoms with van der Waals surface area (Å²) in [6.07, 6.45) is 3.39. The minimum atomic E-state index is -0.185. The third kappa shape index (κ3) is 3.73. The van der Waals surface area contributed by atoms with Gasteiger partial charge in [-0.2, -0.15) is 0 Å². The molecule has 0 spiro atoms. The number of nitrogen functional groups attached to an aromatic ring is 1. The van der Waals surface area contributed by atoms with Gasteiger partial charge in [0.15, 0.2) is 11.5 Å². The van der Waals surface area contributed by atoms with Crippen molar-refractivity contribution in [2.75, 3.05) is 12.3 Å². The summed E-state index contributed by atoms with van der Waals surface area (Å²) in [7, 11) is 0. The van der Waals surface area contributed by atoms with E-state index in [0.29, 0.717) is 24.7 Å². The fourth-order valence-corrected chi connectivity index (χ4v) is 3.11. The molecule has 0 aliphatic heterocycles. The summed E-state index contributed by atoms with van der Waals surface area (Å²) in [6.45, 7) is 2.91. The first-order chi connectivity index (χ1) is 14.2. The molecule has 0 radical (unpaired) electrons. The second kappa shape index (κ2) is 7.97. The van der Waals surface area contributed by atoms with Crippen molar-refractivity contribution >= 4 is 23.0 Å². The van der Waals surface area contributed by atoms with E-state index in [4.69, 9.17) is 10.7 Å². The largest absolute Gasteiger partial charge is 0.383 e. The zero-order chi connectivity index (χ0) is 20.2. The molecule has 1 aromatic carbocycles. The molecule has 0 fully saturated rings. The van der Waals surface area contributed by atoms with Crippen LogP contribution in [0.5, 0.6) is 0 Å². The predicted octanol–water partition coefficient (Wildman–Crippen LogP) is 2.88. The van der Waals surface area contributed by atoms with Crippen LogP contribution in [0.2, 0.25) is 0 Å². The van der Waals surface area contributed by atoms with Gasteiger partial charge < -0.3 is 16.4 Å². The second-order valence-corrected chi connectivity index (χ2v) is 6.43. The van der Waals surface area contributed by atoms with Crippen molar-refractivity contribution in [2.45, 2.75) is 13.5 Å². The zero-order valence-corrected chi connectivity index (χ0v) is 16.0. The lowest BCUT2D eigenvalue weighted by Gasteiger charge is -2.11. The summed E-state index contributed by atoms with van der Waals surface area (Å²) in [5, 5.41) is 5.53. The van der Waals surface area contributed by atoms with E-state index < -0.39 is 0 Å². The van der Waals surface area contributed by atoms with Gasteiger partial charge in [-0.05, 0) is 48.9 Å². The van der Waals surface area contributed by atoms with E-state index in [9.17, 15) is 4.79 Å². The number of imidazole rings is 1. The summed E-state index contributed by atoms with van der Waals surface area (Å²) in [5.74, 6) is 1.09. The number of nitrogens with zero attached hydrogens (tertiary/aromatic N) is 4. The molecule has 0 aliphatic carbocycles. The maximum Gasteiger partial charge on any atom is 0.315 e. The number of hydrogen-bond acceptors (Lipinski definition) is 5. The monoisotopic (exact) mass is 387 g/mol. The van der Waals surface area contributed by atoms with E-state index in [1.54, 1.807) is 12.4 Å². The van der Waals surface area contributed by atoms with E-state index in [1.165, 1.54) is 0 Å². The molecule has 0 unspecified atom stereocenters. The molecule has 0 atom stereocenters. The fourth-order valence-electron chi connectivity index (χ4n) is 3.11. The van der Waals surface area contributed by atoms with E-state index in [2.05, 4.69) is 20.6 Å². The van der Waals surface area contributed by atoms with Gasteiger partial charge in [-0.3, -0.25) is 4.57 Å². The molecule has 8 heteroatoms. The van der Waals surface area contributed by atoms with Crippen molar-refractivity contribution in [1.29, 1.82) is 0 Å². The Balaban J connectivity index is 1.73. The number of fused-ring (bicyclic) bond motifs is 1. The van der Waals surface area contributed by atoms with Crippen molar-refractivity contribution in [3.8, 4) is 17.1 Å². The number of benzene rings is 1. The van der Waals surface area contributed by atoms with Crippen LogP contribution >= 0.6 is 0 Å². The Kier molecular flexibility index (Phi) is 5.07. The summed E-state index contributed by atoms with van der Waals surface area (Å²) >= 11 is 0. The lowest BCUT2D eigenvalue weighted by Crippen LogP contribution is -2.34. The number of nitrogens with two attached hydrogens (primary N) is 1. The first-order valence-electron chi connectivity index (χ1n) is 9.32. The molecule has 146 valence electrons. The Labute approximate surface area is 167 Å². The van der Waals surface area contributed by atoms with Crippen LogP contribution in [0.4, 0.5) is 10.6 Å². The number of anilines is 1. The molecule has 3 aromatic heterocycles. The predicted molar refractivity (Wildman–Crippen MR) is 112 cm³/mol. The molecule has 8 nitrogen and oxygen atoms in total. The van der Waals surface area contributed by atoms with E-state index in [-0.39, 0.29) is 6.03 Å². The molecule has 3 heterocycles. The highest BCUT2D eigenvalue weighted by molar-refractivity contribution is 5.82. The minimum Gasteiger partial charge on any atom is -0.383 e. The first-order valence-corrected chi connectivity index (χ1v) is 9.32. The van der Waals surface area contributed by atoms with Crippen molar-refractivity contribution in [2.24, 2.45) is 0 Å². The fraction of sp³-hybridized carbons (Fsp3) is 0.143. The van der Waals surface area contributed by atoms with Crippen molar-refractivity contribution in [1.82, 2.24) is 30.2 Å². The molecule has 2 amide bonds. The molecule has 0 bridgehead atoms. The van der Waals surface area contributed by atoms with Gasteiger partial charge in [-0.1, -0.05) is 12.1 Å². The lowest BCUT2D eigenvalue weighted by atomic mass is 10.2. The molecule has 4 aromatic rings. The summed E-state index contributed by atoms with van der Waals surface area (Å²) in [4.78, 5) is 25.0. The lowest BCUT2D eigenvalue weighted by molar-refractivity contribution is 0.241. The summed E-state index contributed by atoms with van der Waals surface area (Å²) in [5.41, 5.74) is 10.2. The van der Waals surface area contributed by atoms with E-state index >= 15 is 0 Å². The van der Waals surface area contributed by atoms with Crippen molar-refractivity contribution in [3.05, 3.63) is 66.5 Å². The standard InChI is InChI=1S/C21H21N7O/c1-2-23-21(29)26-13-14-7-9-15(10-8-14)28-19(16-5-3-11-24-18(16)22)27-17-6-4-12-25-20(17)28/h3-12H,2,13H2,1H3,(H2,22,24)(H2,23,26,29). The quantitative estimate of drug-likeness (QED) is 0.488. The van der Waals surface area contributed by atoms with Crippen LogP contribution in [0.1, 0.15) is 12.5 Å². The van der Waals surface area contributed by atoms with E-state index in [0.717, 1.165) is 28.0 Å². The maximum absolute atomic E-state index is 11.6. The summed E-state index contributed by atoms with van der Waals surface area (Å²) in [6, 6.07) is 15.2. The Bertz CT molecular complexity index is 1150. The van der Waals surface area contributed by atoms with Crippen LogP contribution in [-0.4, -0.2) is 32.1 Å². The molecule has 0 aliphatic rings. The highest BCUT2D eigenvalue weighted by Gasteiger charge is 2.17. The van der Waals surface area contributed by atoms with Crippen molar-refractivity contribution in [3.63, 3.8) is 0 Å². The van der Waals surface area contributed by atoms with Gasteiger partial charge in [-0.25, -0.2) is 19.7 Å². The van der Waals surface area contributed by atoms with Crippen LogP contribution in [0.15, 0.2) is 60.9 Å². The Morgan fingerprint density at radius 3 is 2.55 bits per heavy atom. The average Bonchev–Trinajstić information content (AvgIpc) is 3.12. The van der Waals surface area contributed by atoms with Gasteiger partial charge in [0.05, 0.1) is 5.56 Å². The molecule has 4 rings (SSSR count). The number of nitrogens with one attached hydrogen (secondary N) is 2. The zero-order valence-electron chi connectivity index (χ0n) is 16.0. The SMILES string of the molecule is CCNC(=O)NCc1ccc(-n2c(-c3cccnc3N)nc3cccnc32)cc1. The third-order valence-corrected chi connectivity index (χ3v) is 4.48. The van der Waals surface area contributed by atoms with E-state index in [1.807, 2.05) is 60.0 Å². The van der Waals surface area contributed by atoms with Gasteiger partial charge in [0.1, 0.15) is 11.3 Å². The number of carbonyl (C=O) groups is 1. The number of amides is 2. The van der Waals surface area contributed by atoms with Gasteiger partial charge in [0.2, 0.25) is 0 Å². The Morgan fingerprint density at radius 2 is 1.79 bits per heavy atom. The van der Waals surface area contributed by atoms with Gasteiger partial charge >= 0.3 is 6.03 Å².